The van der Waals surface area contributed by atoms with Crippen LogP contribution in [0.15, 0.2) is 24.3 Å². The third-order valence-electron chi connectivity index (χ3n) is 1.49. The molecule has 0 amide bonds. The molecule has 0 bridgehead atoms. The quantitative estimate of drug-likeness (QED) is 0.639. The Bertz CT molecular complexity index is 272. The highest BCUT2D eigenvalue weighted by atomic mass is 28.2. The van der Waals surface area contributed by atoms with Crippen LogP contribution in [0.3, 0.4) is 0 Å². The third kappa shape index (κ3) is 1.86. The predicted octanol–water partition coefficient (Wildman–Crippen LogP) is 0.407. The number of alkyl halides is 3. The first-order valence-corrected chi connectivity index (χ1v) is 4.65. The van der Waals surface area contributed by atoms with E-state index in [0.717, 1.165) is 6.07 Å². The Balaban J connectivity index is 3.14. The first-order chi connectivity index (χ1) is 5.55. The van der Waals surface area contributed by atoms with Crippen molar-refractivity contribution in [3.05, 3.63) is 29.8 Å². The molecular formula is C7H7F3OSi. The van der Waals surface area contributed by atoms with Gasteiger partial charge in [0.1, 0.15) is 0 Å². The van der Waals surface area contributed by atoms with Crippen LogP contribution in [0.2, 0.25) is 0 Å². The minimum Gasteiger partial charge on any atom is -0.433 e. The second-order valence-corrected chi connectivity index (χ2v) is 3.39. The van der Waals surface area contributed by atoms with Gasteiger partial charge in [-0.2, -0.15) is 13.2 Å². The van der Waals surface area contributed by atoms with E-state index in [-0.39, 0.29) is 5.19 Å². The second-order valence-electron chi connectivity index (χ2n) is 2.31. The molecule has 5 heteroatoms. The molecule has 1 rings (SSSR count). The Hall–Kier alpha value is -0.813. The van der Waals surface area contributed by atoms with Gasteiger partial charge in [0.25, 0.3) is 0 Å². The van der Waals surface area contributed by atoms with E-state index in [0.29, 0.717) is 0 Å². The van der Waals surface area contributed by atoms with Crippen molar-refractivity contribution in [2.45, 2.75) is 6.18 Å². The summed E-state index contributed by atoms with van der Waals surface area (Å²) in [6, 6.07) is 5.11. The molecule has 0 fully saturated rings. The van der Waals surface area contributed by atoms with E-state index in [2.05, 4.69) is 0 Å². The van der Waals surface area contributed by atoms with Crippen LogP contribution in [0.1, 0.15) is 5.56 Å². The number of hydrogen-bond donors (Lipinski definition) is 1. The summed E-state index contributed by atoms with van der Waals surface area (Å²) >= 11 is 0. The van der Waals surface area contributed by atoms with Crippen LogP contribution in [-0.4, -0.2) is 14.6 Å². The highest BCUT2D eigenvalue weighted by Crippen LogP contribution is 2.27. The Morgan fingerprint density at radius 3 is 2.17 bits per heavy atom. The summed E-state index contributed by atoms with van der Waals surface area (Å²) in [5, 5.41) is 0.0463. The van der Waals surface area contributed by atoms with Crippen molar-refractivity contribution in [1.29, 1.82) is 0 Å². The van der Waals surface area contributed by atoms with Crippen molar-refractivity contribution in [2.24, 2.45) is 0 Å². The van der Waals surface area contributed by atoms with Gasteiger partial charge in [0.2, 0.25) is 0 Å². The minimum atomic E-state index is -4.34. The fourth-order valence-corrected chi connectivity index (χ4v) is 1.66. The Labute approximate surface area is 69.8 Å². The normalized spacial score (nSPS) is 12.7. The molecule has 0 atom stereocenters. The first kappa shape index (κ1) is 9.28. The van der Waals surface area contributed by atoms with E-state index < -0.39 is 21.5 Å². The van der Waals surface area contributed by atoms with Crippen LogP contribution >= 0.6 is 0 Å². The van der Waals surface area contributed by atoms with Gasteiger partial charge < -0.3 is 4.80 Å². The van der Waals surface area contributed by atoms with Gasteiger partial charge in [-0.05, 0) is 5.19 Å². The molecule has 0 aliphatic carbocycles. The molecule has 0 saturated heterocycles. The molecule has 0 unspecified atom stereocenters. The van der Waals surface area contributed by atoms with Crippen molar-refractivity contribution < 1.29 is 18.0 Å². The molecule has 0 saturated carbocycles. The Kier molecular flexibility index (Phi) is 2.54. The van der Waals surface area contributed by atoms with Crippen LogP contribution in [-0.2, 0) is 6.18 Å². The highest BCUT2D eigenvalue weighted by molar-refractivity contribution is 6.46. The molecule has 1 aromatic rings. The topological polar surface area (TPSA) is 20.2 Å². The van der Waals surface area contributed by atoms with Gasteiger partial charge in [0.05, 0.1) is 5.56 Å². The van der Waals surface area contributed by atoms with Gasteiger partial charge in [0, 0.05) is 0 Å². The molecule has 1 N–H and O–H groups in total. The lowest BCUT2D eigenvalue weighted by Gasteiger charge is -2.09. The van der Waals surface area contributed by atoms with Crippen LogP contribution in [0, 0.1) is 0 Å². The average Bonchev–Trinajstić information content (AvgIpc) is 2.03. The summed E-state index contributed by atoms with van der Waals surface area (Å²) in [7, 11) is -1.74. The van der Waals surface area contributed by atoms with Crippen LogP contribution in [0.25, 0.3) is 0 Å². The molecule has 0 aliphatic rings. The SMILES string of the molecule is O[SiH2]c1ccccc1C(F)(F)F. The number of halogens is 3. The molecule has 66 valence electrons. The maximum atomic E-state index is 12.1. The average molecular weight is 192 g/mol. The van der Waals surface area contributed by atoms with Crippen LogP contribution in [0.4, 0.5) is 13.2 Å². The molecule has 0 spiro atoms. The second kappa shape index (κ2) is 3.28. The molecule has 0 aliphatic heterocycles. The van der Waals surface area contributed by atoms with Gasteiger partial charge in [-0.1, -0.05) is 24.3 Å². The Morgan fingerprint density at radius 1 is 1.17 bits per heavy atom. The van der Waals surface area contributed by atoms with E-state index in [1.54, 1.807) is 0 Å². The molecule has 1 nitrogen and oxygen atoms in total. The zero-order valence-corrected chi connectivity index (χ0v) is 7.51. The van der Waals surface area contributed by atoms with E-state index in [4.69, 9.17) is 4.80 Å². The summed E-state index contributed by atoms with van der Waals surface area (Å²) < 4.78 is 36.4. The van der Waals surface area contributed by atoms with Gasteiger partial charge in [-0.25, -0.2) is 0 Å². The predicted molar refractivity (Wildman–Crippen MR) is 41.8 cm³/mol. The largest absolute Gasteiger partial charge is 0.433 e. The van der Waals surface area contributed by atoms with Crippen molar-refractivity contribution in [3.63, 3.8) is 0 Å². The van der Waals surface area contributed by atoms with Crippen molar-refractivity contribution in [2.75, 3.05) is 0 Å². The van der Waals surface area contributed by atoms with Gasteiger partial charge in [-0.3, -0.25) is 0 Å². The van der Waals surface area contributed by atoms with Crippen molar-refractivity contribution in [1.82, 2.24) is 0 Å². The van der Waals surface area contributed by atoms with Crippen molar-refractivity contribution in [3.8, 4) is 0 Å². The van der Waals surface area contributed by atoms with E-state index in [1.165, 1.54) is 18.2 Å². The Morgan fingerprint density at radius 2 is 1.75 bits per heavy atom. The number of benzene rings is 1. The lowest BCUT2D eigenvalue weighted by atomic mass is 10.2. The summed E-state index contributed by atoms with van der Waals surface area (Å²) in [6.07, 6.45) is -4.34. The standard InChI is InChI=1S/C7H7F3OSi/c8-7(9,10)5-3-1-2-4-6(5)12-11/h1-4,11H,12H2. The number of rotatable bonds is 1. The summed E-state index contributed by atoms with van der Waals surface area (Å²) in [6.45, 7) is 0. The van der Waals surface area contributed by atoms with Crippen LogP contribution < -0.4 is 5.19 Å². The minimum absolute atomic E-state index is 0.0463. The molecule has 12 heavy (non-hydrogen) atoms. The smallest absolute Gasteiger partial charge is 0.416 e. The highest BCUT2D eigenvalue weighted by Gasteiger charge is 2.32. The molecule has 0 aromatic heterocycles. The fourth-order valence-electron chi connectivity index (χ4n) is 0.935. The van der Waals surface area contributed by atoms with Gasteiger partial charge >= 0.3 is 6.18 Å². The van der Waals surface area contributed by atoms with E-state index >= 15 is 0 Å². The zero-order valence-electron chi connectivity index (χ0n) is 6.10. The molecule has 0 heterocycles. The zero-order chi connectivity index (χ0) is 9.19. The fraction of sp³-hybridized carbons (Fsp3) is 0.143. The first-order valence-electron chi connectivity index (χ1n) is 3.31. The van der Waals surface area contributed by atoms with Crippen LogP contribution in [0.5, 0.6) is 0 Å². The molecule has 0 radical (unpaired) electrons. The summed E-state index contributed by atoms with van der Waals surface area (Å²) in [4.78, 5) is 8.72. The van der Waals surface area contributed by atoms with E-state index in [9.17, 15) is 13.2 Å². The number of hydrogen-bond acceptors (Lipinski definition) is 1. The van der Waals surface area contributed by atoms with Gasteiger partial charge in [0.15, 0.2) is 9.76 Å². The third-order valence-corrected chi connectivity index (χ3v) is 2.45. The monoisotopic (exact) mass is 192 g/mol. The lowest BCUT2D eigenvalue weighted by molar-refractivity contribution is -0.136. The summed E-state index contributed by atoms with van der Waals surface area (Å²) in [5.74, 6) is 0. The van der Waals surface area contributed by atoms with E-state index in [1.807, 2.05) is 0 Å². The van der Waals surface area contributed by atoms with Gasteiger partial charge in [-0.15, -0.1) is 0 Å². The maximum absolute atomic E-state index is 12.1. The maximum Gasteiger partial charge on any atom is 0.416 e. The molecule has 1 aromatic carbocycles. The summed E-state index contributed by atoms with van der Waals surface area (Å²) in [5.41, 5.74) is -0.709. The van der Waals surface area contributed by atoms with Crippen molar-refractivity contribution >= 4 is 14.9 Å². The molecular weight excluding hydrogens is 185 g/mol. The lowest BCUT2D eigenvalue weighted by Crippen LogP contribution is -2.24.